The van der Waals surface area contributed by atoms with Crippen molar-refractivity contribution < 1.29 is 33.4 Å². The topological polar surface area (TPSA) is 160 Å². The van der Waals surface area contributed by atoms with Crippen LogP contribution < -0.4 is 16.4 Å². The minimum absolute atomic E-state index is 0.173. The Morgan fingerprint density at radius 3 is 2.62 bits per heavy atom. The van der Waals surface area contributed by atoms with E-state index in [0.29, 0.717) is 62.5 Å². The van der Waals surface area contributed by atoms with Crippen molar-refractivity contribution >= 4 is 35.4 Å². The van der Waals surface area contributed by atoms with Gasteiger partial charge in [0.1, 0.15) is 11.6 Å². The zero-order valence-electron chi connectivity index (χ0n) is 22.9. The van der Waals surface area contributed by atoms with Gasteiger partial charge in [0.25, 0.3) is 5.91 Å². The largest absolute Gasteiger partial charge is 0.444 e. The first-order valence-electron chi connectivity index (χ1n) is 13.3. The summed E-state index contributed by atoms with van der Waals surface area (Å²) in [4.78, 5) is 65.1. The van der Waals surface area contributed by atoms with E-state index in [1.54, 1.807) is 43.9 Å². The number of piperidine rings is 1. The smallest absolute Gasteiger partial charge is 0.410 e. The predicted octanol–water partition coefficient (Wildman–Crippen LogP) is 1.77. The molecule has 1 atom stereocenters. The number of benzene rings is 1. The third-order valence-corrected chi connectivity index (χ3v) is 6.36. The maximum Gasteiger partial charge on any atom is 0.410 e. The molecule has 0 aromatic heterocycles. The fourth-order valence-corrected chi connectivity index (χ4v) is 4.48. The van der Waals surface area contributed by atoms with Gasteiger partial charge in [0.05, 0.1) is 13.2 Å². The Labute approximate surface area is 228 Å². The molecular weight excluding hydrogens is 506 g/mol. The number of ether oxygens (including phenoxy) is 2. The lowest BCUT2D eigenvalue weighted by Crippen LogP contribution is -2.52. The Hall–Kier alpha value is -3.51. The van der Waals surface area contributed by atoms with E-state index < -0.39 is 23.6 Å². The van der Waals surface area contributed by atoms with Crippen molar-refractivity contribution in [3.05, 3.63) is 29.3 Å². The van der Waals surface area contributed by atoms with Crippen molar-refractivity contribution in [3.8, 4) is 0 Å². The summed E-state index contributed by atoms with van der Waals surface area (Å²) in [5.41, 5.74) is 6.42. The van der Waals surface area contributed by atoms with E-state index >= 15 is 0 Å². The molecule has 2 aliphatic heterocycles. The number of nitrogens with one attached hydrogen (secondary N) is 2. The Morgan fingerprint density at radius 1 is 1.15 bits per heavy atom. The van der Waals surface area contributed by atoms with Gasteiger partial charge < -0.3 is 30.3 Å². The number of carbonyl (C=O) groups excluding carboxylic acids is 5. The second kappa shape index (κ2) is 13.5. The third kappa shape index (κ3) is 8.49. The number of nitrogens with zero attached hydrogens (tertiary/aromatic N) is 2. The average molecular weight is 546 g/mol. The predicted molar refractivity (Wildman–Crippen MR) is 143 cm³/mol. The average Bonchev–Trinajstić information content (AvgIpc) is 3.19. The van der Waals surface area contributed by atoms with Crippen LogP contribution in [0.4, 0.5) is 10.5 Å². The molecule has 0 saturated carbocycles. The maximum atomic E-state index is 13.0. The molecule has 1 aromatic carbocycles. The van der Waals surface area contributed by atoms with Crippen molar-refractivity contribution in [2.24, 2.45) is 5.73 Å². The summed E-state index contributed by atoms with van der Waals surface area (Å²) >= 11 is 0. The molecule has 2 heterocycles. The zero-order chi connectivity index (χ0) is 28.6. The number of fused-ring (bicyclic) bond motifs is 1. The van der Waals surface area contributed by atoms with E-state index in [4.69, 9.17) is 15.2 Å². The second-order valence-electron chi connectivity index (χ2n) is 10.6. The monoisotopic (exact) mass is 545 g/mol. The number of anilines is 1. The highest BCUT2D eigenvalue weighted by Crippen LogP contribution is 2.32. The molecule has 12 nitrogen and oxygen atoms in total. The summed E-state index contributed by atoms with van der Waals surface area (Å²) in [7, 11) is 0. The van der Waals surface area contributed by atoms with Crippen molar-refractivity contribution in [2.45, 2.75) is 71.1 Å². The maximum absolute atomic E-state index is 13.0. The standard InChI is InChI=1S/C27H39N5O7/c1-27(2,3)39-26(37)31(14-16-38-15-12-28)13-5-4-9-22(33)29-20-8-6-7-18-19(20)17-32(25(18)36)21-10-11-23(34)30-24(21)35/h6-8,21H,4-5,9-17,28H2,1-3H3,(H,29,33)(H,30,34,35). The fourth-order valence-electron chi connectivity index (χ4n) is 4.48. The van der Waals surface area contributed by atoms with Gasteiger partial charge in [-0.05, 0) is 52.2 Å². The van der Waals surface area contributed by atoms with Crippen LogP contribution in [0.2, 0.25) is 0 Å². The number of rotatable bonds is 12. The van der Waals surface area contributed by atoms with Crippen molar-refractivity contribution in [1.29, 1.82) is 0 Å². The fraction of sp³-hybridized carbons (Fsp3) is 0.593. The molecule has 1 unspecified atom stereocenters. The van der Waals surface area contributed by atoms with E-state index in [-0.39, 0.29) is 43.5 Å². The van der Waals surface area contributed by atoms with Gasteiger partial charge >= 0.3 is 6.09 Å². The first-order valence-corrected chi connectivity index (χ1v) is 13.3. The Bertz CT molecular complexity index is 1080. The lowest BCUT2D eigenvalue weighted by molar-refractivity contribution is -0.137. The Balaban J connectivity index is 1.52. The van der Waals surface area contributed by atoms with Crippen molar-refractivity contribution in [3.63, 3.8) is 0 Å². The van der Waals surface area contributed by atoms with Gasteiger partial charge in [0.15, 0.2) is 0 Å². The summed E-state index contributed by atoms with van der Waals surface area (Å²) in [5, 5.41) is 5.17. The van der Waals surface area contributed by atoms with Gasteiger partial charge in [-0.2, -0.15) is 0 Å². The number of carbonyl (C=O) groups is 5. The summed E-state index contributed by atoms with van der Waals surface area (Å²) in [6.07, 6.45) is 1.34. The number of nitrogens with two attached hydrogens (primary N) is 1. The van der Waals surface area contributed by atoms with Gasteiger partial charge in [-0.15, -0.1) is 0 Å². The first-order chi connectivity index (χ1) is 18.5. The van der Waals surface area contributed by atoms with Gasteiger partial charge in [-0.25, -0.2) is 4.79 Å². The van der Waals surface area contributed by atoms with Gasteiger partial charge in [0, 0.05) is 55.8 Å². The van der Waals surface area contributed by atoms with Crippen LogP contribution in [0.5, 0.6) is 0 Å². The molecule has 5 amide bonds. The van der Waals surface area contributed by atoms with Crippen LogP contribution in [0.1, 0.15) is 68.8 Å². The molecule has 0 spiro atoms. The molecule has 2 aliphatic rings. The van der Waals surface area contributed by atoms with Crippen LogP contribution >= 0.6 is 0 Å². The number of unbranched alkanes of at least 4 members (excludes halogenated alkanes) is 1. The molecule has 12 heteroatoms. The summed E-state index contributed by atoms with van der Waals surface area (Å²) in [6.45, 7) is 7.48. The number of amides is 5. The van der Waals surface area contributed by atoms with Crippen molar-refractivity contribution in [2.75, 3.05) is 38.2 Å². The molecule has 3 rings (SSSR count). The zero-order valence-corrected chi connectivity index (χ0v) is 22.9. The lowest BCUT2D eigenvalue weighted by atomic mass is 10.0. The van der Waals surface area contributed by atoms with E-state index in [9.17, 15) is 24.0 Å². The van der Waals surface area contributed by atoms with E-state index in [1.165, 1.54) is 4.90 Å². The number of hydrogen-bond acceptors (Lipinski definition) is 8. The molecular formula is C27H39N5O7. The number of hydrogen-bond donors (Lipinski definition) is 3. The van der Waals surface area contributed by atoms with Gasteiger partial charge in [-0.3, -0.25) is 24.5 Å². The highest BCUT2D eigenvalue weighted by molar-refractivity contribution is 6.06. The highest BCUT2D eigenvalue weighted by Gasteiger charge is 2.40. The van der Waals surface area contributed by atoms with Gasteiger partial charge in [-0.1, -0.05) is 6.07 Å². The Morgan fingerprint density at radius 2 is 1.92 bits per heavy atom. The van der Waals surface area contributed by atoms with Gasteiger partial charge in [0.2, 0.25) is 17.7 Å². The normalized spacial score (nSPS) is 17.1. The molecule has 0 radical (unpaired) electrons. The quantitative estimate of drug-likeness (QED) is 0.265. The van der Waals surface area contributed by atoms with Crippen LogP contribution in [0.3, 0.4) is 0 Å². The first kappa shape index (κ1) is 30.0. The van der Waals surface area contributed by atoms with Crippen LogP contribution in [0.15, 0.2) is 18.2 Å². The molecule has 39 heavy (non-hydrogen) atoms. The minimum atomic E-state index is -0.722. The third-order valence-electron chi connectivity index (χ3n) is 6.36. The van der Waals surface area contributed by atoms with E-state index in [0.717, 1.165) is 0 Å². The summed E-state index contributed by atoms with van der Waals surface area (Å²) in [5.74, 6) is -1.34. The van der Waals surface area contributed by atoms with E-state index in [1.807, 2.05) is 0 Å². The molecule has 1 aromatic rings. The van der Waals surface area contributed by atoms with E-state index in [2.05, 4.69) is 10.6 Å². The van der Waals surface area contributed by atoms with Crippen LogP contribution in [-0.2, 0) is 30.4 Å². The Kier molecular flexibility index (Phi) is 10.4. The lowest BCUT2D eigenvalue weighted by Gasteiger charge is -2.29. The molecule has 1 fully saturated rings. The van der Waals surface area contributed by atoms with Crippen LogP contribution in [0, 0.1) is 0 Å². The van der Waals surface area contributed by atoms with Crippen molar-refractivity contribution in [1.82, 2.24) is 15.1 Å². The molecule has 4 N–H and O–H groups in total. The summed E-state index contributed by atoms with van der Waals surface area (Å²) in [6, 6.07) is 4.36. The minimum Gasteiger partial charge on any atom is -0.444 e. The molecule has 0 bridgehead atoms. The summed E-state index contributed by atoms with van der Waals surface area (Å²) < 4.78 is 10.9. The van der Waals surface area contributed by atoms with Crippen LogP contribution in [-0.4, -0.2) is 84.0 Å². The SMILES string of the molecule is CC(C)(C)OC(=O)N(CCCCC(=O)Nc1cccc2c1CN(C1CCC(=O)NC1=O)C2=O)CCOCCN. The molecule has 0 aliphatic carbocycles. The second-order valence-corrected chi connectivity index (χ2v) is 10.6. The molecule has 1 saturated heterocycles. The highest BCUT2D eigenvalue weighted by atomic mass is 16.6. The number of imide groups is 1. The van der Waals surface area contributed by atoms with Crippen LogP contribution in [0.25, 0.3) is 0 Å². The molecule has 214 valence electrons.